The highest BCUT2D eigenvalue weighted by Gasteiger charge is 2.02. The molecule has 6 heteroatoms. The van der Waals surface area contributed by atoms with E-state index in [0.717, 1.165) is 18.8 Å². The number of aromatic amines is 1. The summed E-state index contributed by atoms with van der Waals surface area (Å²) in [7, 11) is 0. The van der Waals surface area contributed by atoms with E-state index in [2.05, 4.69) is 38.3 Å². The number of nitrogens with one attached hydrogen (secondary N) is 1. The van der Waals surface area contributed by atoms with Gasteiger partial charge in [0.1, 0.15) is 5.82 Å². The topological polar surface area (TPSA) is 33.6 Å². The Balaban J connectivity index is 2.08. The van der Waals surface area contributed by atoms with Crippen molar-refractivity contribution in [1.82, 2.24) is 14.8 Å². The Morgan fingerprint density at radius 2 is 2.40 bits per heavy atom. The van der Waals surface area contributed by atoms with Gasteiger partial charge in [-0.2, -0.15) is 5.10 Å². The van der Waals surface area contributed by atoms with Gasteiger partial charge in [0, 0.05) is 11.4 Å². The van der Waals surface area contributed by atoms with Gasteiger partial charge in [-0.3, -0.25) is 5.10 Å². The molecule has 0 bridgehead atoms. The molecule has 0 atom stereocenters. The van der Waals surface area contributed by atoms with E-state index < -0.39 is 0 Å². The zero-order chi connectivity index (χ0) is 10.8. The minimum atomic E-state index is 0.697. The van der Waals surface area contributed by atoms with Crippen LogP contribution < -0.4 is 0 Å². The second kappa shape index (κ2) is 4.59. The summed E-state index contributed by atoms with van der Waals surface area (Å²) in [6.07, 6.45) is 0.991. The van der Waals surface area contributed by atoms with E-state index in [0.29, 0.717) is 4.77 Å². The maximum Gasteiger partial charge on any atom is 0.195 e. The lowest BCUT2D eigenvalue weighted by Gasteiger charge is -2.01. The van der Waals surface area contributed by atoms with E-state index in [1.54, 1.807) is 11.3 Å². The summed E-state index contributed by atoms with van der Waals surface area (Å²) in [6, 6.07) is 4.20. The number of halogens is 1. The molecular formula is C9H10BrN3S2. The molecule has 0 unspecified atom stereocenters. The Hall–Kier alpha value is -0.460. The van der Waals surface area contributed by atoms with Crippen molar-refractivity contribution in [2.75, 3.05) is 0 Å². The van der Waals surface area contributed by atoms with Gasteiger partial charge in [-0.1, -0.05) is 0 Å². The number of aromatic nitrogens is 3. The first-order valence-electron chi connectivity index (χ1n) is 4.53. The Bertz CT molecular complexity index is 511. The maximum absolute atomic E-state index is 5.13. The molecule has 0 radical (unpaired) electrons. The normalized spacial score (nSPS) is 10.8. The van der Waals surface area contributed by atoms with Crippen LogP contribution in [0.1, 0.15) is 10.7 Å². The van der Waals surface area contributed by atoms with Crippen LogP contribution in [0.3, 0.4) is 0 Å². The molecule has 0 aliphatic rings. The maximum atomic E-state index is 5.13. The van der Waals surface area contributed by atoms with Gasteiger partial charge in [0.2, 0.25) is 0 Å². The summed E-state index contributed by atoms with van der Waals surface area (Å²) < 4.78 is 3.89. The van der Waals surface area contributed by atoms with Crippen molar-refractivity contribution < 1.29 is 0 Å². The van der Waals surface area contributed by atoms with Crippen LogP contribution >= 0.6 is 39.5 Å². The molecule has 1 N–H and O–H groups in total. The average Bonchev–Trinajstić information content (AvgIpc) is 2.73. The summed E-state index contributed by atoms with van der Waals surface area (Å²) >= 11 is 10.3. The predicted molar refractivity (Wildman–Crippen MR) is 67.9 cm³/mol. The second-order valence-electron chi connectivity index (χ2n) is 3.18. The smallest absolute Gasteiger partial charge is 0.195 e. The molecule has 0 amide bonds. The van der Waals surface area contributed by atoms with E-state index in [-0.39, 0.29) is 0 Å². The van der Waals surface area contributed by atoms with Crippen molar-refractivity contribution in [1.29, 1.82) is 0 Å². The van der Waals surface area contributed by atoms with Gasteiger partial charge in [-0.05, 0) is 53.6 Å². The summed E-state index contributed by atoms with van der Waals surface area (Å²) in [5.74, 6) is 0.940. The number of hydrogen-bond acceptors (Lipinski definition) is 3. The lowest BCUT2D eigenvalue weighted by atomic mass is 10.3. The van der Waals surface area contributed by atoms with Gasteiger partial charge in [0.05, 0.1) is 3.79 Å². The van der Waals surface area contributed by atoms with E-state index in [4.69, 9.17) is 12.2 Å². The third kappa shape index (κ3) is 2.56. The fourth-order valence-corrected chi connectivity index (χ4v) is 3.11. The molecule has 0 fully saturated rings. The van der Waals surface area contributed by atoms with Crippen LogP contribution in [-0.2, 0) is 13.0 Å². The molecular weight excluding hydrogens is 294 g/mol. The van der Waals surface area contributed by atoms with E-state index in [9.17, 15) is 0 Å². The first kappa shape index (κ1) is 11.0. The molecule has 0 saturated heterocycles. The Kier molecular flexibility index (Phi) is 3.38. The zero-order valence-corrected chi connectivity index (χ0v) is 11.4. The van der Waals surface area contributed by atoms with Crippen LogP contribution in [0.15, 0.2) is 15.9 Å². The minimum absolute atomic E-state index is 0.697. The van der Waals surface area contributed by atoms with Gasteiger partial charge in [0.15, 0.2) is 4.77 Å². The van der Waals surface area contributed by atoms with Gasteiger partial charge in [-0.15, -0.1) is 11.3 Å². The third-order valence-electron chi connectivity index (χ3n) is 2.16. The van der Waals surface area contributed by atoms with Crippen LogP contribution in [0.4, 0.5) is 0 Å². The molecule has 0 spiro atoms. The standard InChI is InChI=1S/C9H10BrN3S2/c1-6-11-12-9(14)13(6)5-4-7-2-3-8(10)15-7/h2-3H,4-5H2,1H3,(H,12,14). The number of H-pyrrole nitrogens is 1. The first-order valence-corrected chi connectivity index (χ1v) is 6.54. The monoisotopic (exact) mass is 303 g/mol. The van der Waals surface area contributed by atoms with Crippen LogP contribution in [0.25, 0.3) is 0 Å². The van der Waals surface area contributed by atoms with Crippen molar-refractivity contribution in [2.24, 2.45) is 0 Å². The fraction of sp³-hybridized carbons (Fsp3) is 0.333. The lowest BCUT2D eigenvalue weighted by molar-refractivity contribution is 0.669. The number of aryl methyl sites for hydroxylation is 2. The number of thiophene rings is 1. The first-order chi connectivity index (χ1) is 7.16. The quantitative estimate of drug-likeness (QED) is 0.883. The van der Waals surface area contributed by atoms with E-state index in [1.165, 1.54) is 8.66 Å². The van der Waals surface area contributed by atoms with Crippen molar-refractivity contribution in [3.8, 4) is 0 Å². The largest absolute Gasteiger partial charge is 0.304 e. The summed E-state index contributed by atoms with van der Waals surface area (Å²) in [5.41, 5.74) is 0. The van der Waals surface area contributed by atoms with E-state index >= 15 is 0 Å². The highest BCUT2D eigenvalue weighted by atomic mass is 79.9. The summed E-state index contributed by atoms with van der Waals surface area (Å²) in [5, 5.41) is 6.86. The Morgan fingerprint density at radius 1 is 1.60 bits per heavy atom. The van der Waals surface area contributed by atoms with Crippen molar-refractivity contribution in [3.63, 3.8) is 0 Å². The minimum Gasteiger partial charge on any atom is -0.304 e. The van der Waals surface area contributed by atoms with E-state index in [1.807, 2.05) is 11.5 Å². The molecule has 2 aromatic heterocycles. The molecule has 3 nitrogen and oxygen atoms in total. The molecule has 0 saturated carbocycles. The lowest BCUT2D eigenvalue weighted by Crippen LogP contribution is -2.02. The highest BCUT2D eigenvalue weighted by molar-refractivity contribution is 9.11. The SMILES string of the molecule is Cc1n[nH]c(=S)n1CCc1ccc(Br)s1. The molecule has 80 valence electrons. The molecule has 2 heterocycles. The summed E-state index contributed by atoms with van der Waals surface area (Å²) in [4.78, 5) is 1.35. The zero-order valence-electron chi connectivity index (χ0n) is 8.16. The van der Waals surface area contributed by atoms with Gasteiger partial charge in [0.25, 0.3) is 0 Å². The van der Waals surface area contributed by atoms with Crippen LogP contribution in [-0.4, -0.2) is 14.8 Å². The van der Waals surface area contributed by atoms with Crippen molar-refractivity contribution >= 4 is 39.5 Å². The third-order valence-corrected chi connectivity index (χ3v) is 4.15. The van der Waals surface area contributed by atoms with Gasteiger partial charge < -0.3 is 4.57 Å². The average molecular weight is 304 g/mol. The van der Waals surface area contributed by atoms with Crippen molar-refractivity contribution in [3.05, 3.63) is 31.4 Å². The number of hydrogen-bond donors (Lipinski definition) is 1. The van der Waals surface area contributed by atoms with Gasteiger partial charge in [-0.25, -0.2) is 0 Å². The summed E-state index contributed by atoms with van der Waals surface area (Å²) in [6.45, 7) is 2.84. The second-order valence-corrected chi connectivity index (χ2v) is 6.12. The highest BCUT2D eigenvalue weighted by Crippen LogP contribution is 2.22. The van der Waals surface area contributed by atoms with Crippen LogP contribution in [0, 0.1) is 11.7 Å². The number of nitrogens with zero attached hydrogens (tertiary/aromatic N) is 2. The molecule has 15 heavy (non-hydrogen) atoms. The Morgan fingerprint density at radius 3 is 2.93 bits per heavy atom. The molecule has 0 aromatic carbocycles. The van der Waals surface area contributed by atoms with Crippen LogP contribution in [0.2, 0.25) is 0 Å². The Labute approximate surface area is 105 Å². The van der Waals surface area contributed by atoms with Crippen molar-refractivity contribution in [2.45, 2.75) is 19.9 Å². The number of rotatable bonds is 3. The molecule has 0 aliphatic heterocycles. The van der Waals surface area contributed by atoms with Gasteiger partial charge >= 0.3 is 0 Å². The fourth-order valence-electron chi connectivity index (χ4n) is 1.37. The van der Waals surface area contributed by atoms with Crippen LogP contribution in [0.5, 0.6) is 0 Å². The predicted octanol–water partition coefficient (Wildman–Crippen LogP) is 3.32. The molecule has 2 rings (SSSR count). The molecule has 2 aromatic rings. The molecule has 0 aliphatic carbocycles.